The Morgan fingerprint density at radius 2 is 1.76 bits per heavy atom. The van der Waals surface area contributed by atoms with Gasteiger partial charge in [0.2, 0.25) is 0 Å². The smallest absolute Gasteiger partial charge is 0.0362 e. The second-order valence-corrected chi connectivity index (χ2v) is 6.40. The van der Waals surface area contributed by atoms with Crippen LogP contribution in [0.3, 0.4) is 0 Å². The largest absolute Gasteiger partial charge is 0.382 e. The Kier molecular flexibility index (Phi) is 4.05. The molecule has 0 spiro atoms. The molecule has 0 unspecified atom stereocenters. The van der Waals surface area contributed by atoms with E-state index in [1.54, 1.807) is 0 Å². The second-order valence-electron chi connectivity index (χ2n) is 4.71. The van der Waals surface area contributed by atoms with Crippen molar-refractivity contribution in [1.29, 1.82) is 0 Å². The highest BCUT2D eigenvalue weighted by molar-refractivity contribution is 7.85. The van der Waals surface area contributed by atoms with E-state index in [-0.39, 0.29) is 0 Å². The zero-order valence-electron chi connectivity index (χ0n) is 10.5. The first-order chi connectivity index (χ1) is 8.15. The standard InChI is InChI=1S/C13H20N2OS/c1-15(2)13-5-3-11(4-6-13)14-12-7-9-17(16)10-8-12/h3-6,12,14H,7-10H2,1-2H3. The monoisotopic (exact) mass is 252 g/mol. The third kappa shape index (κ3) is 3.46. The van der Waals surface area contributed by atoms with Gasteiger partial charge in [-0.1, -0.05) is 0 Å². The zero-order chi connectivity index (χ0) is 12.3. The number of hydrogen-bond acceptors (Lipinski definition) is 3. The summed E-state index contributed by atoms with van der Waals surface area (Å²) in [6, 6.07) is 8.94. The highest BCUT2D eigenvalue weighted by atomic mass is 32.2. The Morgan fingerprint density at radius 1 is 1.18 bits per heavy atom. The van der Waals surface area contributed by atoms with E-state index >= 15 is 0 Å². The van der Waals surface area contributed by atoms with Gasteiger partial charge in [-0.15, -0.1) is 0 Å². The fraction of sp³-hybridized carbons (Fsp3) is 0.538. The van der Waals surface area contributed by atoms with E-state index in [1.165, 1.54) is 5.69 Å². The van der Waals surface area contributed by atoms with Crippen LogP contribution >= 0.6 is 0 Å². The summed E-state index contributed by atoms with van der Waals surface area (Å²) in [5.74, 6) is 1.68. The molecule has 1 aliphatic rings. The van der Waals surface area contributed by atoms with Crippen LogP contribution in [0.25, 0.3) is 0 Å². The normalized spacial score (nSPS) is 24.4. The Bertz CT molecular complexity index is 379. The van der Waals surface area contributed by atoms with Gasteiger partial charge in [0.05, 0.1) is 0 Å². The minimum absolute atomic E-state index is 0.484. The highest BCUT2D eigenvalue weighted by Gasteiger charge is 2.17. The van der Waals surface area contributed by atoms with Gasteiger partial charge in [-0.05, 0) is 37.1 Å². The minimum atomic E-state index is -0.575. The van der Waals surface area contributed by atoms with Gasteiger partial charge in [-0.25, -0.2) is 0 Å². The molecule has 1 saturated heterocycles. The summed E-state index contributed by atoms with van der Waals surface area (Å²) in [4.78, 5) is 2.09. The quantitative estimate of drug-likeness (QED) is 0.894. The van der Waals surface area contributed by atoms with E-state index in [9.17, 15) is 4.21 Å². The molecule has 17 heavy (non-hydrogen) atoms. The second kappa shape index (κ2) is 5.54. The van der Waals surface area contributed by atoms with E-state index < -0.39 is 10.8 Å². The van der Waals surface area contributed by atoms with Gasteiger partial charge in [0.25, 0.3) is 0 Å². The Labute approximate surface area is 106 Å². The summed E-state index contributed by atoms with van der Waals surface area (Å²) in [5.41, 5.74) is 2.37. The Hall–Kier alpha value is -1.03. The molecule has 0 atom stereocenters. The maximum Gasteiger partial charge on any atom is 0.0362 e. The first kappa shape index (κ1) is 12.4. The third-order valence-corrected chi connectivity index (χ3v) is 4.52. The van der Waals surface area contributed by atoms with E-state index in [1.807, 2.05) is 14.1 Å². The predicted molar refractivity (Wildman–Crippen MR) is 75.3 cm³/mol. The lowest BCUT2D eigenvalue weighted by Crippen LogP contribution is -2.29. The summed E-state index contributed by atoms with van der Waals surface area (Å²) < 4.78 is 11.3. The number of rotatable bonds is 3. The zero-order valence-corrected chi connectivity index (χ0v) is 11.3. The van der Waals surface area contributed by atoms with E-state index in [2.05, 4.69) is 34.5 Å². The molecule has 1 aromatic rings. The lowest BCUT2D eigenvalue weighted by atomic mass is 10.1. The van der Waals surface area contributed by atoms with Crippen LogP contribution in [0.2, 0.25) is 0 Å². The topological polar surface area (TPSA) is 32.3 Å². The van der Waals surface area contributed by atoms with Crippen LogP contribution in [-0.2, 0) is 10.8 Å². The number of hydrogen-bond donors (Lipinski definition) is 1. The molecule has 4 heteroatoms. The SMILES string of the molecule is CN(C)c1ccc(NC2CCS(=O)CC2)cc1. The first-order valence-electron chi connectivity index (χ1n) is 6.04. The number of nitrogens with zero attached hydrogens (tertiary/aromatic N) is 1. The van der Waals surface area contributed by atoms with Gasteiger partial charge < -0.3 is 10.2 Å². The van der Waals surface area contributed by atoms with Crippen LogP contribution in [0.4, 0.5) is 11.4 Å². The van der Waals surface area contributed by atoms with Crippen molar-refractivity contribution in [3.8, 4) is 0 Å². The van der Waals surface area contributed by atoms with Gasteiger partial charge >= 0.3 is 0 Å². The summed E-state index contributed by atoms with van der Waals surface area (Å²) in [6.45, 7) is 0. The molecule has 0 saturated carbocycles. The van der Waals surface area contributed by atoms with Crippen molar-refractivity contribution in [1.82, 2.24) is 0 Å². The van der Waals surface area contributed by atoms with Gasteiger partial charge in [0.1, 0.15) is 0 Å². The fourth-order valence-electron chi connectivity index (χ4n) is 2.03. The van der Waals surface area contributed by atoms with Crippen molar-refractivity contribution in [2.75, 3.05) is 35.8 Å². The molecule has 1 aromatic carbocycles. The van der Waals surface area contributed by atoms with Gasteiger partial charge in [-0.3, -0.25) is 4.21 Å². The number of nitrogens with one attached hydrogen (secondary N) is 1. The molecule has 1 fully saturated rings. The van der Waals surface area contributed by atoms with Gasteiger partial charge in [-0.2, -0.15) is 0 Å². The number of anilines is 2. The molecule has 3 nitrogen and oxygen atoms in total. The van der Waals surface area contributed by atoms with Crippen molar-refractivity contribution in [2.45, 2.75) is 18.9 Å². The fourth-order valence-corrected chi connectivity index (χ4v) is 3.33. The molecule has 1 aliphatic heterocycles. The molecule has 0 aromatic heterocycles. The van der Waals surface area contributed by atoms with Crippen LogP contribution in [0.1, 0.15) is 12.8 Å². The van der Waals surface area contributed by atoms with Crippen LogP contribution in [0, 0.1) is 0 Å². The summed E-state index contributed by atoms with van der Waals surface area (Å²) >= 11 is 0. The van der Waals surface area contributed by atoms with E-state index in [0.717, 1.165) is 30.0 Å². The van der Waals surface area contributed by atoms with Crippen LogP contribution in [0.15, 0.2) is 24.3 Å². The molecule has 1 heterocycles. The van der Waals surface area contributed by atoms with Crippen molar-refractivity contribution >= 4 is 22.2 Å². The third-order valence-electron chi connectivity index (χ3n) is 3.14. The Balaban J connectivity index is 1.92. The summed E-state index contributed by atoms with van der Waals surface area (Å²) in [7, 11) is 3.51. The Morgan fingerprint density at radius 3 is 2.29 bits per heavy atom. The molecular formula is C13H20N2OS. The highest BCUT2D eigenvalue weighted by Crippen LogP contribution is 2.19. The predicted octanol–water partition coefficient (Wildman–Crippen LogP) is 2.08. The first-order valence-corrected chi connectivity index (χ1v) is 7.53. The van der Waals surface area contributed by atoms with Crippen molar-refractivity contribution in [3.63, 3.8) is 0 Å². The average Bonchev–Trinajstić information content (AvgIpc) is 2.33. The lowest BCUT2D eigenvalue weighted by molar-refractivity contribution is 0.624. The van der Waals surface area contributed by atoms with Gasteiger partial charge in [0, 0.05) is 53.8 Å². The average molecular weight is 252 g/mol. The van der Waals surface area contributed by atoms with Crippen LogP contribution in [-0.4, -0.2) is 35.9 Å². The maximum atomic E-state index is 11.3. The molecule has 2 rings (SSSR count). The lowest BCUT2D eigenvalue weighted by Gasteiger charge is -2.24. The minimum Gasteiger partial charge on any atom is -0.382 e. The number of benzene rings is 1. The van der Waals surface area contributed by atoms with Crippen molar-refractivity contribution in [3.05, 3.63) is 24.3 Å². The molecule has 0 amide bonds. The van der Waals surface area contributed by atoms with Crippen LogP contribution < -0.4 is 10.2 Å². The van der Waals surface area contributed by atoms with Crippen molar-refractivity contribution < 1.29 is 4.21 Å². The molecule has 0 bridgehead atoms. The molecule has 1 N–H and O–H groups in total. The molecule has 0 aliphatic carbocycles. The van der Waals surface area contributed by atoms with Gasteiger partial charge in [0.15, 0.2) is 0 Å². The van der Waals surface area contributed by atoms with E-state index in [4.69, 9.17) is 0 Å². The molecule has 0 radical (unpaired) electrons. The van der Waals surface area contributed by atoms with Crippen LogP contribution in [0.5, 0.6) is 0 Å². The van der Waals surface area contributed by atoms with Crippen molar-refractivity contribution in [2.24, 2.45) is 0 Å². The summed E-state index contributed by atoms with van der Waals surface area (Å²) in [6.07, 6.45) is 2.03. The molecular weight excluding hydrogens is 232 g/mol. The van der Waals surface area contributed by atoms with E-state index in [0.29, 0.717) is 6.04 Å². The maximum absolute atomic E-state index is 11.3. The summed E-state index contributed by atoms with van der Waals surface area (Å²) in [5, 5.41) is 3.51. The molecule has 94 valence electrons.